The van der Waals surface area contributed by atoms with Crippen LogP contribution >= 0.6 is 23.2 Å². The SMILES string of the molecule is O=C(NCc1ccc(Cl)cc1Cl)c1cncc(-c2ccc(OC(F)(F)F)cc2)c1. The van der Waals surface area contributed by atoms with Gasteiger partial charge < -0.3 is 10.1 Å². The van der Waals surface area contributed by atoms with E-state index < -0.39 is 6.36 Å². The van der Waals surface area contributed by atoms with Crippen LogP contribution in [0, 0.1) is 0 Å². The molecule has 3 aromatic rings. The molecule has 150 valence electrons. The number of rotatable bonds is 5. The minimum Gasteiger partial charge on any atom is -0.406 e. The van der Waals surface area contributed by atoms with Crippen LogP contribution in [0.2, 0.25) is 10.0 Å². The topological polar surface area (TPSA) is 51.2 Å². The Morgan fingerprint density at radius 3 is 2.38 bits per heavy atom. The molecule has 1 amide bonds. The van der Waals surface area contributed by atoms with Crippen LogP contribution in [0.15, 0.2) is 60.9 Å². The Kier molecular flexibility index (Phi) is 6.30. The number of hydrogen-bond donors (Lipinski definition) is 1. The van der Waals surface area contributed by atoms with Crippen LogP contribution < -0.4 is 10.1 Å². The molecule has 0 atom stereocenters. The van der Waals surface area contributed by atoms with Gasteiger partial charge in [-0.3, -0.25) is 9.78 Å². The third kappa shape index (κ3) is 5.85. The first-order chi connectivity index (χ1) is 13.7. The van der Waals surface area contributed by atoms with Gasteiger partial charge in [0.05, 0.1) is 5.56 Å². The number of carbonyl (C=O) groups excluding carboxylic acids is 1. The number of pyridine rings is 1. The Bertz CT molecular complexity index is 1020. The Morgan fingerprint density at radius 2 is 1.72 bits per heavy atom. The van der Waals surface area contributed by atoms with Gasteiger partial charge in [-0.1, -0.05) is 41.4 Å². The van der Waals surface area contributed by atoms with Crippen molar-refractivity contribution in [3.8, 4) is 16.9 Å². The molecule has 0 saturated carbocycles. The van der Waals surface area contributed by atoms with Crippen molar-refractivity contribution in [1.29, 1.82) is 0 Å². The number of ether oxygens (including phenoxy) is 1. The monoisotopic (exact) mass is 440 g/mol. The lowest BCUT2D eigenvalue weighted by molar-refractivity contribution is -0.274. The first-order valence-electron chi connectivity index (χ1n) is 8.24. The molecule has 0 aliphatic carbocycles. The third-order valence-corrected chi connectivity index (χ3v) is 4.46. The molecule has 0 aliphatic rings. The van der Waals surface area contributed by atoms with Crippen molar-refractivity contribution < 1.29 is 22.7 Å². The van der Waals surface area contributed by atoms with E-state index in [2.05, 4.69) is 15.0 Å². The molecule has 1 aromatic heterocycles. The summed E-state index contributed by atoms with van der Waals surface area (Å²) in [5.41, 5.74) is 2.15. The predicted molar refractivity (Wildman–Crippen MR) is 104 cm³/mol. The van der Waals surface area contributed by atoms with E-state index >= 15 is 0 Å². The molecule has 4 nitrogen and oxygen atoms in total. The van der Waals surface area contributed by atoms with Gasteiger partial charge in [0.25, 0.3) is 5.91 Å². The summed E-state index contributed by atoms with van der Waals surface area (Å²) < 4.78 is 40.6. The van der Waals surface area contributed by atoms with Crippen molar-refractivity contribution >= 4 is 29.1 Å². The molecule has 0 bridgehead atoms. The zero-order valence-corrected chi connectivity index (χ0v) is 16.1. The standard InChI is InChI=1S/C20H13Cl2F3N2O2/c21-16-4-1-13(18(22)8-16)11-27-19(28)15-7-14(9-26-10-15)12-2-5-17(6-3-12)29-20(23,24)25/h1-10H,11H2,(H,27,28). The highest BCUT2D eigenvalue weighted by atomic mass is 35.5. The van der Waals surface area contributed by atoms with Crippen LogP contribution in [0.3, 0.4) is 0 Å². The number of hydrogen-bond acceptors (Lipinski definition) is 3. The van der Waals surface area contributed by atoms with Crippen LogP contribution in [0.1, 0.15) is 15.9 Å². The van der Waals surface area contributed by atoms with Crippen molar-refractivity contribution in [2.45, 2.75) is 12.9 Å². The largest absolute Gasteiger partial charge is 0.573 e. The maximum atomic E-state index is 12.4. The number of amides is 1. The van der Waals surface area contributed by atoms with Gasteiger partial charge in [-0.2, -0.15) is 0 Å². The minimum atomic E-state index is -4.76. The second kappa shape index (κ2) is 8.71. The zero-order chi connectivity index (χ0) is 21.0. The van der Waals surface area contributed by atoms with Crippen LogP contribution in [0.25, 0.3) is 11.1 Å². The Balaban J connectivity index is 1.71. The molecule has 0 spiro atoms. The number of carbonyl (C=O) groups is 1. The van der Waals surface area contributed by atoms with Crippen molar-refractivity contribution in [2.24, 2.45) is 0 Å². The molecule has 0 saturated heterocycles. The van der Waals surface area contributed by atoms with Crippen LogP contribution in [0.4, 0.5) is 13.2 Å². The number of nitrogens with zero attached hydrogens (tertiary/aromatic N) is 1. The number of nitrogens with one attached hydrogen (secondary N) is 1. The van der Waals surface area contributed by atoms with Crippen LogP contribution in [-0.4, -0.2) is 17.3 Å². The second-order valence-electron chi connectivity index (χ2n) is 5.95. The molecular weight excluding hydrogens is 428 g/mol. The summed E-state index contributed by atoms with van der Waals surface area (Å²) in [6.45, 7) is 0.197. The predicted octanol–water partition coefficient (Wildman–Crippen LogP) is 5.88. The first-order valence-corrected chi connectivity index (χ1v) is 9.00. The second-order valence-corrected chi connectivity index (χ2v) is 6.80. The van der Waals surface area contributed by atoms with E-state index in [0.717, 1.165) is 0 Å². The fourth-order valence-electron chi connectivity index (χ4n) is 2.51. The molecule has 0 aliphatic heterocycles. The Hall–Kier alpha value is -2.77. The third-order valence-electron chi connectivity index (χ3n) is 3.88. The number of alkyl halides is 3. The average molecular weight is 441 g/mol. The number of benzene rings is 2. The van der Waals surface area contributed by atoms with Gasteiger partial charge in [0.15, 0.2) is 0 Å². The van der Waals surface area contributed by atoms with Crippen molar-refractivity contribution in [2.75, 3.05) is 0 Å². The average Bonchev–Trinajstić information content (AvgIpc) is 2.66. The fraction of sp³-hybridized carbons (Fsp3) is 0.100. The normalized spacial score (nSPS) is 11.2. The van der Waals surface area contributed by atoms with Gasteiger partial charge in [-0.25, -0.2) is 0 Å². The van der Waals surface area contributed by atoms with E-state index in [0.29, 0.717) is 32.3 Å². The fourth-order valence-corrected chi connectivity index (χ4v) is 2.99. The summed E-state index contributed by atoms with van der Waals surface area (Å²) in [4.78, 5) is 16.5. The summed E-state index contributed by atoms with van der Waals surface area (Å²) in [5.74, 6) is -0.703. The van der Waals surface area contributed by atoms with E-state index in [4.69, 9.17) is 23.2 Å². The van der Waals surface area contributed by atoms with E-state index in [-0.39, 0.29) is 18.2 Å². The summed E-state index contributed by atoms with van der Waals surface area (Å²) in [6, 6.07) is 11.8. The summed E-state index contributed by atoms with van der Waals surface area (Å²) in [6.07, 6.45) is -1.86. The minimum absolute atomic E-state index is 0.197. The Morgan fingerprint density at radius 1 is 1.00 bits per heavy atom. The highest BCUT2D eigenvalue weighted by Crippen LogP contribution is 2.26. The summed E-state index contributed by atoms with van der Waals surface area (Å²) in [5, 5.41) is 3.67. The first kappa shape index (κ1) is 21.0. The molecule has 2 aromatic carbocycles. The van der Waals surface area contributed by atoms with Gasteiger partial charge >= 0.3 is 6.36 Å². The summed E-state index contributed by atoms with van der Waals surface area (Å²) >= 11 is 11.9. The lowest BCUT2D eigenvalue weighted by Crippen LogP contribution is -2.23. The highest BCUT2D eigenvalue weighted by molar-refractivity contribution is 6.35. The van der Waals surface area contributed by atoms with Crippen molar-refractivity contribution in [3.63, 3.8) is 0 Å². The lowest BCUT2D eigenvalue weighted by Gasteiger charge is -2.10. The lowest BCUT2D eigenvalue weighted by atomic mass is 10.1. The summed E-state index contributed by atoms with van der Waals surface area (Å²) in [7, 11) is 0. The molecule has 1 heterocycles. The van der Waals surface area contributed by atoms with E-state index in [1.165, 1.54) is 36.7 Å². The molecule has 29 heavy (non-hydrogen) atoms. The van der Waals surface area contributed by atoms with Crippen molar-refractivity contribution in [1.82, 2.24) is 10.3 Å². The van der Waals surface area contributed by atoms with E-state index in [9.17, 15) is 18.0 Å². The molecule has 9 heteroatoms. The molecule has 0 unspecified atom stereocenters. The van der Waals surface area contributed by atoms with Gasteiger partial charge in [0.2, 0.25) is 0 Å². The van der Waals surface area contributed by atoms with Gasteiger partial charge in [0, 0.05) is 34.5 Å². The Labute approximate surface area is 174 Å². The van der Waals surface area contributed by atoms with E-state index in [1.54, 1.807) is 24.3 Å². The molecular formula is C20H13Cl2F3N2O2. The molecule has 0 radical (unpaired) electrons. The van der Waals surface area contributed by atoms with Crippen LogP contribution in [-0.2, 0) is 6.54 Å². The van der Waals surface area contributed by atoms with Gasteiger partial charge in [0.1, 0.15) is 5.75 Å². The molecule has 0 fully saturated rings. The quantitative estimate of drug-likeness (QED) is 0.538. The van der Waals surface area contributed by atoms with Gasteiger partial charge in [-0.05, 0) is 41.5 Å². The maximum Gasteiger partial charge on any atom is 0.573 e. The highest BCUT2D eigenvalue weighted by Gasteiger charge is 2.30. The number of halogens is 5. The maximum absolute atomic E-state index is 12.4. The van der Waals surface area contributed by atoms with Crippen LogP contribution in [0.5, 0.6) is 5.75 Å². The number of aromatic nitrogens is 1. The molecule has 1 N–H and O–H groups in total. The zero-order valence-electron chi connectivity index (χ0n) is 14.6. The van der Waals surface area contributed by atoms with Gasteiger partial charge in [-0.15, -0.1) is 13.2 Å². The van der Waals surface area contributed by atoms with Crippen molar-refractivity contribution in [3.05, 3.63) is 82.1 Å². The molecule has 3 rings (SSSR count). The van der Waals surface area contributed by atoms with E-state index in [1.807, 2.05) is 0 Å². The smallest absolute Gasteiger partial charge is 0.406 e.